The summed E-state index contributed by atoms with van der Waals surface area (Å²) in [5.41, 5.74) is 1.17. The summed E-state index contributed by atoms with van der Waals surface area (Å²) in [6.45, 7) is 4.27. The Morgan fingerprint density at radius 3 is 1.71 bits per heavy atom. The summed E-state index contributed by atoms with van der Waals surface area (Å²) in [4.78, 5) is 0. The summed E-state index contributed by atoms with van der Waals surface area (Å²) >= 11 is 2.28. The highest BCUT2D eigenvalue weighted by Gasteiger charge is 1.95. The SMILES string of the molecule is OCCOCCOCCOCCOCc1ccc(I)cc1. The zero-order valence-corrected chi connectivity index (χ0v) is 14.3. The van der Waals surface area contributed by atoms with Crippen molar-refractivity contribution in [1.29, 1.82) is 0 Å². The van der Waals surface area contributed by atoms with Gasteiger partial charge < -0.3 is 24.1 Å². The lowest BCUT2D eigenvalue weighted by atomic mass is 10.2. The van der Waals surface area contributed by atoms with Gasteiger partial charge >= 0.3 is 0 Å². The molecule has 120 valence electrons. The van der Waals surface area contributed by atoms with E-state index in [1.807, 2.05) is 0 Å². The first-order valence-electron chi connectivity index (χ1n) is 6.99. The molecule has 0 unspecified atom stereocenters. The first-order chi connectivity index (χ1) is 10.3. The second kappa shape index (κ2) is 13.4. The minimum Gasteiger partial charge on any atom is -0.394 e. The largest absolute Gasteiger partial charge is 0.394 e. The molecule has 1 rings (SSSR count). The summed E-state index contributed by atoms with van der Waals surface area (Å²) in [5, 5.41) is 8.50. The first kappa shape index (κ1) is 18.8. The smallest absolute Gasteiger partial charge is 0.0718 e. The van der Waals surface area contributed by atoms with Gasteiger partial charge in [0.15, 0.2) is 0 Å². The molecule has 0 bridgehead atoms. The van der Waals surface area contributed by atoms with Gasteiger partial charge in [0.2, 0.25) is 0 Å². The van der Waals surface area contributed by atoms with E-state index in [1.165, 1.54) is 9.13 Å². The molecule has 0 heterocycles. The number of benzene rings is 1. The highest BCUT2D eigenvalue weighted by Crippen LogP contribution is 2.07. The predicted octanol–water partition coefficient (Wildman–Crippen LogP) is 1.85. The van der Waals surface area contributed by atoms with E-state index in [-0.39, 0.29) is 6.61 Å². The van der Waals surface area contributed by atoms with E-state index in [0.717, 1.165) is 0 Å². The minimum atomic E-state index is 0.0470. The summed E-state index contributed by atoms with van der Waals surface area (Å²) in [5.74, 6) is 0. The molecule has 1 N–H and O–H groups in total. The van der Waals surface area contributed by atoms with Crippen molar-refractivity contribution >= 4 is 22.6 Å². The van der Waals surface area contributed by atoms with E-state index in [9.17, 15) is 0 Å². The van der Waals surface area contributed by atoms with Crippen LogP contribution in [0.1, 0.15) is 5.56 Å². The van der Waals surface area contributed by atoms with Crippen LogP contribution in [0.25, 0.3) is 0 Å². The normalized spacial score (nSPS) is 11.0. The Labute approximate surface area is 139 Å². The standard InChI is InChI=1S/C15H23IO5/c16-15-3-1-14(2-4-15)13-21-12-11-20-10-9-19-8-7-18-6-5-17/h1-4,17H,5-13H2. The molecular formula is C15H23IO5. The molecule has 5 nitrogen and oxygen atoms in total. The van der Waals surface area contributed by atoms with Crippen LogP contribution in [-0.2, 0) is 25.6 Å². The van der Waals surface area contributed by atoms with Crippen molar-refractivity contribution in [2.75, 3.05) is 52.9 Å². The molecule has 1 aromatic carbocycles. The van der Waals surface area contributed by atoms with Gasteiger partial charge in [0.25, 0.3) is 0 Å². The van der Waals surface area contributed by atoms with Crippen molar-refractivity contribution in [3.05, 3.63) is 33.4 Å². The van der Waals surface area contributed by atoms with Crippen molar-refractivity contribution in [3.63, 3.8) is 0 Å². The zero-order chi connectivity index (χ0) is 15.2. The molecule has 0 aliphatic rings. The molecular weight excluding hydrogens is 387 g/mol. The molecule has 0 spiro atoms. The van der Waals surface area contributed by atoms with Gasteiger partial charge in [0.1, 0.15) is 0 Å². The third-order valence-electron chi connectivity index (χ3n) is 2.53. The number of aliphatic hydroxyl groups is 1. The third kappa shape index (κ3) is 11.0. The van der Waals surface area contributed by atoms with Gasteiger partial charge in [-0.3, -0.25) is 0 Å². The molecule has 0 fully saturated rings. The van der Waals surface area contributed by atoms with Crippen molar-refractivity contribution in [1.82, 2.24) is 0 Å². The maximum absolute atomic E-state index is 8.50. The predicted molar refractivity (Wildman–Crippen MR) is 88.4 cm³/mol. The van der Waals surface area contributed by atoms with Crippen LogP contribution in [0.3, 0.4) is 0 Å². The Hall–Kier alpha value is -0.250. The summed E-state index contributed by atoms with van der Waals surface area (Å²) in [7, 11) is 0. The zero-order valence-electron chi connectivity index (χ0n) is 12.1. The number of rotatable bonds is 13. The molecule has 0 aliphatic carbocycles. The van der Waals surface area contributed by atoms with Crippen LogP contribution >= 0.6 is 22.6 Å². The molecule has 0 radical (unpaired) electrons. The number of aliphatic hydroxyl groups excluding tert-OH is 1. The van der Waals surface area contributed by atoms with Crippen molar-refractivity contribution < 1.29 is 24.1 Å². The highest BCUT2D eigenvalue weighted by atomic mass is 127. The average molecular weight is 410 g/mol. The number of hydrogen-bond donors (Lipinski definition) is 1. The monoisotopic (exact) mass is 410 g/mol. The Morgan fingerprint density at radius 1 is 0.714 bits per heavy atom. The fourth-order valence-electron chi connectivity index (χ4n) is 1.49. The molecule has 21 heavy (non-hydrogen) atoms. The van der Waals surface area contributed by atoms with E-state index >= 15 is 0 Å². The van der Waals surface area contributed by atoms with Crippen LogP contribution in [0.15, 0.2) is 24.3 Å². The first-order valence-corrected chi connectivity index (χ1v) is 8.07. The van der Waals surface area contributed by atoms with Crippen LogP contribution in [0.4, 0.5) is 0 Å². The summed E-state index contributed by atoms with van der Waals surface area (Å²) in [6, 6.07) is 8.26. The highest BCUT2D eigenvalue weighted by molar-refractivity contribution is 14.1. The Bertz CT molecular complexity index is 344. The second-order valence-corrected chi connectivity index (χ2v) is 5.49. The lowest BCUT2D eigenvalue weighted by Gasteiger charge is -2.07. The maximum Gasteiger partial charge on any atom is 0.0718 e. The van der Waals surface area contributed by atoms with Crippen LogP contribution in [0.2, 0.25) is 0 Å². The quantitative estimate of drug-likeness (QED) is 0.398. The number of ether oxygens (including phenoxy) is 4. The van der Waals surface area contributed by atoms with Gasteiger partial charge in [-0.2, -0.15) is 0 Å². The molecule has 0 aliphatic heterocycles. The molecule has 0 saturated heterocycles. The summed E-state index contributed by atoms with van der Waals surface area (Å²) < 4.78 is 22.5. The van der Waals surface area contributed by atoms with Gasteiger partial charge in [0, 0.05) is 3.57 Å². The second-order valence-electron chi connectivity index (χ2n) is 4.24. The minimum absolute atomic E-state index is 0.0470. The van der Waals surface area contributed by atoms with Gasteiger partial charge in [-0.15, -0.1) is 0 Å². The molecule has 0 atom stereocenters. The average Bonchev–Trinajstić information content (AvgIpc) is 2.50. The Kier molecular flexibility index (Phi) is 12.0. The fourth-order valence-corrected chi connectivity index (χ4v) is 1.85. The Morgan fingerprint density at radius 2 is 1.19 bits per heavy atom. The van der Waals surface area contributed by atoms with E-state index < -0.39 is 0 Å². The van der Waals surface area contributed by atoms with Gasteiger partial charge in [-0.25, -0.2) is 0 Å². The topological polar surface area (TPSA) is 57.2 Å². The third-order valence-corrected chi connectivity index (χ3v) is 3.25. The number of hydrogen-bond acceptors (Lipinski definition) is 5. The lowest BCUT2D eigenvalue weighted by Crippen LogP contribution is -2.12. The molecule has 0 amide bonds. The maximum atomic E-state index is 8.50. The van der Waals surface area contributed by atoms with Crippen LogP contribution in [-0.4, -0.2) is 58.0 Å². The van der Waals surface area contributed by atoms with Crippen molar-refractivity contribution in [3.8, 4) is 0 Å². The van der Waals surface area contributed by atoms with Gasteiger partial charge in [0.05, 0.1) is 59.5 Å². The van der Waals surface area contributed by atoms with E-state index in [1.54, 1.807) is 0 Å². The summed E-state index contributed by atoms with van der Waals surface area (Å²) in [6.07, 6.45) is 0. The number of halogens is 1. The van der Waals surface area contributed by atoms with Crippen molar-refractivity contribution in [2.24, 2.45) is 0 Å². The molecule has 6 heteroatoms. The van der Waals surface area contributed by atoms with Gasteiger partial charge in [-0.05, 0) is 40.3 Å². The van der Waals surface area contributed by atoms with E-state index in [0.29, 0.717) is 52.9 Å². The van der Waals surface area contributed by atoms with Crippen LogP contribution in [0.5, 0.6) is 0 Å². The fraction of sp³-hybridized carbons (Fsp3) is 0.600. The Balaban J connectivity index is 1.81. The lowest BCUT2D eigenvalue weighted by molar-refractivity contribution is -0.00743. The van der Waals surface area contributed by atoms with E-state index in [2.05, 4.69) is 46.9 Å². The molecule has 1 aromatic rings. The van der Waals surface area contributed by atoms with Crippen LogP contribution in [0, 0.1) is 3.57 Å². The van der Waals surface area contributed by atoms with E-state index in [4.69, 9.17) is 24.1 Å². The van der Waals surface area contributed by atoms with Crippen molar-refractivity contribution in [2.45, 2.75) is 6.61 Å². The van der Waals surface area contributed by atoms with Crippen LogP contribution < -0.4 is 0 Å². The molecule has 0 aromatic heterocycles. The van der Waals surface area contributed by atoms with Gasteiger partial charge in [-0.1, -0.05) is 12.1 Å². The molecule has 0 saturated carbocycles.